The molecule has 1 aliphatic heterocycles. The molecule has 2 heterocycles. The smallest absolute Gasteiger partial charge is 0.227 e. The van der Waals surface area contributed by atoms with Gasteiger partial charge in [0, 0.05) is 38.9 Å². The van der Waals surface area contributed by atoms with E-state index in [2.05, 4.69) is 32.0 Å². The van der Waals surface area contributed by atoms with Crippen molar-refractivity contribution in [2.75, 3.05) is 42.9 Å². The van der Waals surface area contributed by atoms with Gasteiger partial charge in [-0.15, -0.1) is 0 Å². The Morgan fingerprint density at radius 3 is 2.52 bits per heavy atom. The summed E-state index contributed by atoms with van der Waals surface area (Å²) in [5.41, 5.74) is 1.02. The second-order valence-electron chi connectivity index (χ2n) is 5.64. The summed E-state index contributed by atoms with van der Waals surface area (Å²) in [7, 11) is 0. The fourth-order valence-electron chi connectivity index (χ4n) is 2.66. The Kier molecular flexibility index (Phi) is 5.02. The molecule has 0 unspecified atom stereocenters. The lowest BCUT2D eigenvalue weighted by molar-refractivity contribution is 0.270. The highest BCUT2D eigenvalue weighted by molar-refractivity contribution is 5.42. The summed E-state index contributed by atoms with van der Waals surface area (Å²) >= 11 is 0. The summed E-state index contributed by atoms with van der Waals surface area (Å²) in [4.78, 5) is 13.6. The van der Waals surface area contributed by atoms with Crippen LogP contribution in [0.1, 0.15) is 12.5 Å². The van der Waals surface area contributed by atoms with Crippen molar-refractivity contribution < 1.29 is 4.39 Å². The van der Waals surface area contributed by atoms with Crippen LogP contribution < -0.4 is 10.2 Å². The fraction of sp³-hybridized carbons (Fsp3) is 0.412. The van der Waals surface area contributed by atoms with Crippen molar-refractivity contribution >= 4 is 11.8 Å². The third-order valence-electron chi connectivity index (χ3n) is 4.13. The number of piperazine rings is 1. The molecule has 0 spiro atoms. The molecule has 1 aromatic carbocycles. The maximum Gasteiger partial charge on any atom is 0.227 e. The van der Waals surface area contributed by atoms with Crippen LogP contribution in [0, 0.1) is 5.82 Å². The molecular formula is C17H22FN5. The van der Waals surface area contributed by atoms with E-state index in [0.717, 1.165) is 50.1 Å². The Bertz CT molecular complexity index is 623. The van der Waals surface area contributed by atoms with E-state index in [0.29, 0.717) is 6.54 Å². The van der Waals surface area contributed by atoms with Crippen LogP contribution in [-0.2, 0) is 6.54 Å². The lowest BCUT2D eigenvalue weighted by atomic mass is 10.2. The number of likely N-dealkylation sites (N-methyl/N-ethyl adjacent to an activating group) is 1. The number of rotatable bonds is 5. The first kappa shape index (κ1) is 15.7. The van der Waals surface area contributed by atoms with Crippen LogP contribution in [0.2, 0.25) is 0 Å². The van der Waals surface area contributed by atoms with Crippen LogP contribution >= 0.6 is 0 Å². The largest absolute Gasteiger partial charge is 0.366 e. The van der Waals surface area contributed by atoms with E-state index in [9.17, 15) is 4.39 Å². The van der Waals surface area contributed by atoms with Crippen LogP contribution in [0.3, 0.4) is 0 Å². The second-order valence-corrected chi connectivity index (χ2v) is 5.64. The van der Waals surface area contributed by atoms with Crippen molar-refractivity contribution in [1.29, 1.82) is 0 Å². The van der Waals surface area contributed by atoms with Gasteiger partial charge in [-0.3, -0.25) is 0 Å². The molecule has 6 heteroatoms. The van der Waals surface area contributed by atoms with Crippen molar-refractivity contribution in [3.63, 3.8) is 0 Å². The second kappa shape index (κ2) is 7.37. The monoisotopic (exact) mass is 315 g/mol. The lowest BCUT2D eigenvalue weighted by Gasteiger charge is -2.34. The Hall–Kier alpha value is -2.21. The molecule has 1 aliphatic rings. The third-order valence-corrected chi connectivity index (χ3v) is 4.13. The quantitative estimate of drug-likeness (QED) is 0.918. The molecule has 0 radical (unpaired) electrons. The number of aromatic nitrogens is 2. The van der Waals surface area contributed by atoms with Gasteiger partial charge in [0.05, 0.1) is 0 Å². The molecule has 0 aliphatic carbocycles. The number of anilines is 2. The average molecular weight is 315 g/mol. The summed E-state index contributed by atoms with van der Waals surface area (Å²) in [6.45, 7) is 7.89. The van der Waals surface area contributed by atoms with Gasteiger partial charge in [0.15, 0.2) is 0 Å². The van der Waals surface area contributed by atoms with Gasteiger partial charge in [0.1, 0.15) is 11.6 Å². The van der Waals surface area contributed by atoms with Crippen LogP contribution in [0.4, 0.5) is 16.2 Å². The van der Waals surface area contributed by atoms with Gasteiger partial charge in [-0.2, -0.15) is 4.98 Å². The topological polar surface area (TPSA) is 44.3 Å². The highest BCUT2D eigenvalue weighted by Gasteiger charge is 2.17. The zero-order chi connectivity index (χ0) is 16.1. The predicted octanol–water partition coefficient (Wildman–Crippen LogP) is 2.37. The Morgan fingerprint density at radius 2 is 1.83 bits per heavy atom. The van der Waals surface area contributed by atoms with E-state index in [1.54, 1.807) is 18.3 Å². The molecule has 0 saturated carbocycles. The molecule has 2 aromatic rings. The zero-order valence-corrected chi connectivity index (χ0v) is 13.4. The van der Waals surface area contributed by atoms with Gasteiger partial charge in [-0.1, -0.05) is 19.1 Å². The minimum Gasteiger partial charge on any atom is -0.366 e. The zero-order valence-electron chi connectivity index (χ0n) is 13.4. The number of halogens is 1. The maximum absolute atomic E-state index is 12.9. The molecule has 122 valence electrons. The van der Waals surface area contributed by atoms with Gasteiger partial charge < -0.3 is 15.1 Å². The minimum atomic E-state index is -0.218. The maximum atomic E-state index is 12.9. The van der Waals surface area contributed by atoms with Gasteiger partial charge in [0.25, 0.3) is 0 Å². The standard InChI is InChI=1S/C17H22FN5/c1-2-22-9-11-23(12-10-22)17-19-8-7-16(21-17)20-13-14-3-5-15(18)6-4-14/h3-8H,2,9-13H2,1H3,(H,19,20,21). The highest BCUT2D eigenvalue weighted by Crippen LogP contribution is 2.14. The summed E-state index contributed by atoms with van der Waals surface area (Å²) in [6.07, 6.45) is 1.78. The Labute approximate surface area is 136 Å². The van der Waals surface area contributed by atoms with E-state index in [-0.39, 0.29) is 5.82 Å². The van der Waals surface area contributed by atoms with Crippen LogP contribution in [0.15, 0.2) is 36.5 Å². The predicted molar refractivity (Wildman–Crippen MR) is 90.1 cm³/mol. The number of hydrogen-bond acceptors (Lipinski definition) is 5. The van der Waals surface area contributed by atoms with Crippen molar-refractivity contribution in [3.8, 4) is 0 Å². The van der Waals surface area contributed by atoms with Crippen LogP contribution in [-0.4, -0.2) is 47.6 Å². The SMILES string of the molecule is CCN1CCN(c2nccc(NCc3ccc(F)cc3)n2)CC1. The molecule has 0 bridgehead atoms. The first-order valence-electron chi connectivity index (χ1n) is 8.03. The molecule has 0 atom stereocenters. The molecule has 0 amide bonds. The lowest BCUT2D eigenvalue weighted by Crippen LogP contribution is -2.46. The van der Waals surface area contributed by atoms with E-state index < -0.39 is 0 Å². The Morgan fingerprint density at radius 1 is 1.09 bits per heavy atom. The van der Waals surface area contributed by atoms with E-state index in [1.165, 1.54) is 12.1 Å². The van der Waals surface area contributed by atoms with E-state index in [4.69, 9.17) is 0 Å². The van der Waals surface area contributed by atoms with Crippen molar-refractivity contribution in [2.24, 2.45) is 0 Å². The summed E-state index contributed by atoms with van der Waals surface area (Å²) in [5, 5.41) is 3.27. The Balaban J connectivity index is 1.60. The number of hydrogen-bond donors (Lipinski definition) is 1. The van der Waals surface area contributed by atoms with Gasteiger partial charge in [-0.05, 0) is 30.3 Å². The molecule has 1 saturated heterocycles. The molecular weight excluding hydrogens is 293 g/mol. The summed E-state index contributed by atoms with van der Waals surface area (Å²) < 4.78 is 12.9. The van der Waals surface area contributed by atoms with E-state index in [1.807, 2.05) is 6.07 Å². The molecule has 1 fully saturated rings. The summed E-state index contributed by atoms with van der Waals surface area (Å²) in [5.74, 6) is 1.34. The molecule has 3 rings (SSSR count). The molecule has 1 aromatic heterocycles. The first-order valence-corrected chi connectivity index (χ1v) is 8.03. The number of nitrogens with zero attached hydrogens (tertiary/aromatic N) is 4. The summed E-state index contributed by atoms with van der Waals surface area (Å²) in [6, 6.07) is 8.34. The van der Waals surface area contributed by atoms with Crippen molar-refractivity contribution in [2.45, 2.75) is 13.5 Å². The van der Waals surface area contributed by atoms with Crippen molar-refractivity contribution in [1.82, 2.24) is 14.9 Å². The number of benzene rings is 1. The van der Waals surface area contributed by atoms with Gasteiger partial charge in [-0.25, -0.2) is 9.37 Å². The minimum absolute atomic E-state index is 0.218. The van der Waals surface area contributed by atoms with Gasteiger partial charge >= 0.3 is 0 Å². The normalized spacial score (nSPS) is 15.7. The fourth-order valence-corrected chi connectivity index (χ4v) is 2.66. The molecule has 23 heavy (non-hydrogen) atoms. The van der Waals surface area contributed by atoms with Crippen LogP contribution in [0.25, 0.3) is 0 Å². The molecule has 5 nitrogen and oxygen atoms in total. The third kappa shape index (κ3) is 4.16. The van der Waals surface area contributed by atoms with Crippen LogP contribution in [0.5, 0.6) is 0 Å². The number of nitrogens with one attached hydrogen (secondary N) is 1. The highest BCUT2D eigenvalue weighted by atomic mass is 19.1. The first-order chi connectivity index (χ1) is 11.2. The average Bonchev–Trinajstić information content (AvgIpc) is 2.61. The van der Waals surface area contributed by atoms with E-state index >= 15 is 0 Å². The van der Waals surface area contributed by atoms with Crippen molar-refractivity contribution in [3.05, 3.63) is 47.9 Å². The molecule has 1 N–H and O–H groups in total. The van der Waals surface area contributed by atoms with Gasteiger partial charge in [0.2, 0.25) is 5.95 Å².